The molecule has 0 radical (unpaired) electrons. The Morgan fingerprint density at radius 3 is 2.83 bits per heavy atom. The van der Waals surface area contributed by atoms with Crippen LogP contribution >= 0.6 is 11.6 Å². The smallest absolute Gasteiger partial charge is 0.136 e. The monoisotopic (exact) mass is 253 g/mol. The molecule has 4 aromatic rings. The van der Waals surface area contributed by atoms with Crippen molar-refractivity contribution in [2.75, 3.05) is 0 Å². The van der Waals surface area contributed by atoms with Crippen LogP contribution in [-0.4, -0.2) is 4.98 Å². The van der Waals surface area contributed by atoms with Gasteiger partial charge < -0.3 is 4.42 Å². The number of halogens is 1. The number of fused-ring (bicyclic) bond motifs is 5. The highest BCUT2D eigenvalue weighted by Crippen LogP contribution is 2.35. The predicted octanol–water partition coefficient (Wildman–Crippen LogP) is 4.79. The number of aromatic nitrogens is 1. The number of rotatable bonds is 0. The van der Waals surface area contributed by atoms with Crippen molar-refractivity contribution in [1.82, 2.24) is 4.98 Å². The van der Waals surface area contributed by atoms with Crippen molar-refractivity contribution in [2.24, 2.45) is 0 Å². The highest BCUT2D eigenvalue weighted by atomic mass is 35.5. The van der Waals surface area contributed by atoms with E-state index in [4.69, 9.17) is 16.0 Å². The van der Waals surface area contributed by atoms with Crippen molar-refractivity contribution < 1.29 is 4.42 Å². The van der Waals surface area contributed by atoms with E-state index in [9.17, 15) is 0 Å². The quantitative estimate of drug-likeness (QED) is 0.450. The van der Waals surface area contributed by atoms with E-state index >= 15 is 0 Å². The van der Waals surface area contributed by atoms with Gasteiger partial charge in [0.2, 0.25) is 0 Å². The third-order valence-corrected chi connectivity index (χ3v) is 3.45. The number of benzene rings is 2. The topological polar surface area (TPSA) is 26.0 Å². The average molecular weight is 254 g/mol. The van der Waals surface area contributed by atoms with Gasteiger partial charge in [-0.1, -0.05) is 11.6 Å². The zero-order valence-corrected chi connectivity index (χ0v) is 10.1. The summed E-state index contributed by atoms with van der Waals surface area (Å²) in [5, 5.41) is 5.17. The second-order valence-corrected chi connectivity index (χ2v) is 4.71. The van der Waals surface area contributed by atoms with E-state index in [1.54, 1.807) is 6.20 Å². The molecular formula is C15H8ClNO. The third-order valence-electron chi connectivity index (χ3n) is 3.21. The van der Waals surface area contributed by atoms with Gasteiger partial charge in [0.05, 0.1) is 0 Å². The van der Waals surface area contributed by atoms with Gasteiger partial charge in [-0.3, -0.25) is 4.98 Å². The van der Waals surface area contributed by atoms with Crippen LogP contribution in [0.3, 0.4) is 0 Å². The maximum atomic E-state index is 5.99. The molecule has 2 aromatic heterocycles. The summed E-state index contributed by atoms with van der Waals surface area (Å²) in [4.78, 5) is 4.15. The van der Waals surface area contributed by atoms with Gasteiger partial charge in [0.15, 0.2) is 0 Å². The van der Waals surface area contributed by atoms with Crippen LogP contribution in [0, 0.1) is 0 Å². The van der Waals surface area contributed by atoms with Crippen LogP contribution in [-0.2, 0) is 0 Å². The Morgan fingerprint density at radius 1 is 0.944 bits per heavy atom. The van der Waals surface area contributed by atoms with Crippen molar-refractivity contribution in [2.45, 2.75) is 0 Å². The van der Waals surface area contributed by atoms with Gasteiger partial charge in [-0.15, -0.1) is 0 Å². The van der Waals surface area contributed by atoms with Crippen LogP contribution in [0.25, 0.3) is 32.7 Å². The Hall–Kier alpha value is -2.06. The molecule has 0 spiro atoms. The predicted molar refractivity (Wildman–Crippen MR) is 74.0 cm³/mol. The first-order chi connectivity index (χ1) is 8.83. The third kappa shape index (κ3) is 1.27. The molecule has 3 heteroatoms. The van der Waals surface area contributed by atoms with Crippen molar-refractivity contribution in [3.63, 3.8) is 0 Å². The van der Waals surface area contributed by atoms with Gasteiger partial charge in [0.25, 0.3) is 0 Å². The summed E-state index contributed by atoms with van der Waals surface area (Å²) in [6.45, 7) is 0. The van der Waals surface area contributed by atoms with Gasteiger partial charge in [-0.2, -0.15) is 0 Å². The summed E-state index contributed by atoms with van der Waals surface area (Å²) in [5.41, 5.74) is 1.70. The van der Waals surface area contributed by atoms with Gasteiger partial charge in [0, 0.05) is 39.6 Å². The second kappa shape index (κ2) is 3.47. The fourth-order valence-electron chi connectivity index (χ4n) is 2.42. The lowest BCUT2D eigenvalue weighted by atomic mass is 10.1. The van der Waals surface area contributed by atoms with E-state index in [-0.39, 0.29) is 0 Å². The highest BCUT2D eigenvalue weighted by Gasteiger charge is 2.10. The molecule has 0 bridgehead atoms. The number of nitrogens with zero attached hydrogens (tertiary/aromatic N) is 1. The standard InChI is InChI=1S/C15H8ClNO/c16-10-2-3-12-14(7-10)18-13-4-1-9-8-17-6-5-11(9)15(12)13/h1-8H. The second-order valence-electron chi connectivity index (χ2n) is 4.28. The van der Waals surface area contributed by atoms with Crippen molar-refractivity contribution in [1.29, 1.82) is 0 Å². The Bertz CT molecular complexity index is 895. The minimum absolute atomic E-state index is 0.688. The highest BCUT2D eigenvalue weighted by molar-refractivity contribution is 6.31. The molecule has 2 aromatic carbocycles. The number of hydrogen-bond acceptors (Lipinski definition) is 2. The number of furan rings is 1. The molecule has 18 heavy (non-hydrogen) atoms. The van der Waals surface area contributed by atoms with Crippen LogP contribution in [0.5, 0.6) is 0 Å². The first kappa shape index (κ1) is 9.92. The summed E-state index contributed by atoms with van der Waals surface area (Å²) in [6, 6.07) is 11.8. The zero-order chi connectivity index (χ0) is 12.1. The molecule has 86 valence electrons. The SMILES string of the molecule is Clc1ccc2c(c1)oc1ccc3cnccc3c12. The minimum atomic E-state index is 0.688. The van der Waals surface area contributed by atoms with E-state index in [1.165, 1.54) is 0 Å². The van der Waals surface area contributed by atoms with Crippen LogP contribution in [0.1, 0.15) is 0 Å². The van der Waals surface area contributed by atoms with Crippen LogP contribution < -0.4 is 0 Å². The largest absolute Gasteiger partial charge is 0.456 e. The normalized spacial score (nSPS) is 11.6. The summed E-state index contributed by atoms with van der Waals surface area (Å²) < 4.78 is 5.84. The lowest BCUT2D eigenvalue weighted by Gasteiger charge is -1.97. The Morgan fingerprint density at radius 2 is 1.89 bits per heavy atom. The van der Waals surface area contributed by atoms with E-state index in [1.807, 2.05) is 42.6 Å². The number of hydrogen-bond donors (Lipinski definition) is 0. The van der Waals surface area contributed by atoms with Gasteiger partial charge in [-0.05, 0) is 35.7 Å². The van der Waals surface area contributed by atoms with Crippen LogP contribution in [0.2, 0.25) is 5.02 Å². The Kier molecular flexibility index (Phi) is 1.91. The fraction of sp³-hybridized carbons (Fsp3) is 0. The molecule has 0 aliphatic heterocycles. The molecule has 0 amide bonds. The molecule has 0 saturated carbocycles. The van der Waals surface area contributed by atoms with E-state index < -0.39 is 0 Å². The van der Waals surface area contributed by atoms with Crippen LogP contribution in [0.15, 0.2) is 53.2 Å². The molecular weight excluding hydrogens is 246 g/mol. The van der Waals surface area contributed by atoms with Crippen molar-refractivity contribution >= 4 is 44.3 Å². The molecule has 0 aliphatic rings. The van der Waals surface area contributed by atoms with Gasteiger partial charge in [-0.25, -0.2) is 0 Å². The van der Waals surface area contributed by atoms with E-state index in [0.717, 1.165) is 32.7 Å². The molecule has 0 N–H and O–H groups in total. The number of pyridine rings is 1. The lowest BCUT2D eigenvalue weighted by molar-refractivity contribution is 0.669. The Balaban J connectivity index is 2.33. The molecule has 0 unspecified atom stereocenters. The van der Waals surface area contributed by atoms with Crippen LogP contribution in [0.4, 0.5) is 0 Å². The van der Waals surface area contributed by atoms with E-state index in [2.05, 4.69) is 4.98 Å². The van der Waals surface area contributed by atoms with Crippen molar-refractivity contribution in [3.8, 4) is 0 Å². The molecule has 0 fully saturated rings. The average Bonchev–Trinajstić information content (AvgIpc) is 2.76. The van der Waals surface area contributed by atoms with Gasteiger partial charge in [0.1, 0.15) is 11.2 Å². The van der Waals surface area contributed by atoms with Gasteiger partial charge >= 0.3 is 0 Å². The maximum absolute atomic E-state index is 5.99. The molecule has 2 nitrogen and oxygen atoms in total. The maximum Gasteiger partial charge on any atom is 0.136 e. The summed E-state index contributed by atoms with van der Waals surface area (Å²) in [5.74, 6) is 0. The molecule has 2 heterocycles. The van der Waals surface area contributed by atoms with Crippen molar-refractivity contribution in [3.05, 3.63) is 53.8 Å². The molecule has 0 atom stereocenters. The zero-order valence-electron chi connectivity index (χ0n) is 9.35. The summed E-state index contributed by atoms with van der Waals surface area (Å²) >= 11 is 5.99. The first-order valence-electron chi connectivity index (χ1n) is 5.67. The summed E-state index contributed by atoms with van der Waals surface area (Å²) in [6.07, 6.45) is 3.67. The molecule has 4 rings (SSSR count). The minimum Gasteiger partial charge on any atom is -0.456 e. The van der Waals surface area contributed by atoms with E-state index in [0.29, 0.717) is 5.02 Å². The first-order valence-corrected chi connectivity index (χ1v) is 6.05. The summed E-state index contributed by atoms with van der Waals surface area (Å²) in [7, 11) is 0. The Labute approximate surface area is 108 Å². The molecule has 0 saturated heterocycles. The lowest BCUT2D eigenvalue weighted by Crippen LogP contribution is -1.76. The fourth-order valence-corrected chi connectivity index (χ4v) is 2.58. The molecule has 0 aliphatic carbocycles.